The van der Waals surface area contributed by atoms with Crippen molar-refractivity contribution in [2.75, 3.05) is 39.4 Å². The fourth-order valence-corrected chi connectivity index (χ4v) is 6.44. The smallest absolute Gasteiger partial charge is 0.264 e. The Bertz CT molecular complexity index is 706. The molecule has 1 aromatic heterocycles. The lowest BCUT2D eigenvalue weighted by Crippen LogP contribution is -2.50. The van der Waals surface area contributed by atoms with E-state index in [1.165, 1.54) is 29.7 Å². The number of hydrogen-bond acceptors (Lipinski definition) is 5. The van der Waals surface area contributed by atoms with Gasteiger partial charge in [-0.2, -0.15) is 0 Å². The molecule has 0 bridgehead atoms. The van der Waals surface area contributed by atoms with Gasteiger partial charge in [0, 0.05) is 37.1 Å². The van der Waals surface area contributed by atoms with E-state index in [-0.39, 0.29) is 17.6 Å². The van der Waals surface area contributed by atoms with Crippen LogP contribution in [0.5, 0.6) is 0 Å². The maximum atomic E-state index is 13.1. The van der Waals surface area contributed by atoms with E-state index in [1.54, 1.807) is 11.3 Å². The highest BCUT2D eigenvalue weighted by molar-refractivity contribution is 7.14. The third-order valence-corrected chi connectivity index (χ3v) is 8.26. The van der Waals surface area contributed by atoms with Crippen LogP contribution in [0.2, 0.25) is 0 Å². The zero-order valence-corrected chi connectivity index (χ0v) is 17.1. The molecule has 2 saturated heterocycles. The quantitative estimate of drug-likeness (QED) is 0.778. The van der Waals surface area contributed by atoms with Gasteiger partial charge in [0.05, 0.1) is 24.2 Å². The second-order valence-electron chi connectivity index (χ2n) is 8.61. The van der Waals surface area contributed by atoms with E-state index in [2.05, 4.69) is 11.0 Å². The minimum Gasteiger partial charge on any atom is -0.375 e. The van der Waals surface area contributed by atoms with E-state index in [1.807, 2.05) is 11.8 Å². The summed E-state index contributed by atoms with van der Waals surface area (Å²) < 4.78 is 12.0. The number of nitrogens with zero attached hydrogens (tertiary/aromatic N) is 2. The number of piperidine rings is 1. The third-order valence-electron chi connectivity index (χ3n) is 6.91. The molecule has 1 saturated carbocycles. The second-order valence-corrected chi connectivity index (χ2v) is 9.66. The van der Waals surface area contributed by atoms with Crippen molar-refractivity contribution in [1.82, 2.24) is 9.80 Å². The van der Waals surface area contributed by atoms with Crippen molar-refractivity contribution in [3.8, 4) is 0 Å². The zero-order valence-electron chi connectivity index (χ0n) is 16.2. The molecule has 0 unspecified atom stereocenters. The summed E-state index contributed by atoms with van der Waals surface area (Å²) in [6.45, 7) is 7.12. The standard InChI is InChI=1S/C21H30N2O3S/c1-15-14-23(10-12-25-15)20(24)18-13-16-5-11-26-21(19(16)27-18)6-8-22(9-7-21)17-3-2-4-17/h13,15,17H,2-12,14H2,1H3/t15-/m0/s1. The molecule has 1 amide bonds. The van der Waals surface area contributed by atoms with Crippen LogP contribution in [0.3, 0.4) is 0 Å². The predicted molar refractivity (Wildman–Crippen MR) is 105 cm³/mol. The predicted octanol–water partition coefficient (Wildman–Crippen LogP) is 3.03. The van der Waals surface area contributed by atoms with E-state index in [9.17, 15) is 4.79 Å². The Balaban J connectivity index is 1.35. The minimum absolute atomic E-state index is 0.128. The summed E-state index contributed by atoms with van der Waals surface area (Å²) >= 11 is 1.70. The van der Waals surface area contributed by atoms with Gasteiger partial charge in [-0.25, -0.2) is 0 Å². The van der Waals surface area contributed by atoms with Gasteiger partial charge in [0.15, 0.2) is 0 Å². The van der Waals surface area contributed by atoms with Gasteiger partial charge in [-0.05, 0) is 50.7 Å². The minimum atomic E-state index is -0.144. The molecule has 1 aromatic rings. The Morgan fingerprint density at radius 2 is 2.04 bits per heavy atom. The van der Waals surface area contributed by atoms with Crippen LogP contribution >= 0.6 is 11.3 Å². The van der Waals surface area contributed by atoms with Crippen molar-refractivity contribution in [1.29, 1.82) is 0 Å². The van der Waals surface area contributed by atoms with Crippen LogP contribution in [0.1, 0.15) is 59.1 Å². The molecule has 3 fully saturated rings. The van der Waals surface area contributed by atoms with Crippen molar-refractivity contribution in [2.45, 2.75) is 63.2 Å². The summed E-state index contributed by atoms with van der Waals surface area (Å²) in [4.78, 5) is 19.9. The molecule has 1 atom stereocenters. The van der Waals surface area contributed by atoms with Crippen LogP contribution < -0.4 is 0 Å². The van der Waals surface area contributed by atoms with Crippen LogP contribution in [0.25, 0.3) is 0 Å². The molecular weight excluding hydrogens is 360 g/mol. The first kappa shape index (κ1) is 18.1. The third kappa shape index (κ3) is 3.24. The molecule has 27 heavy (non-hydrogen) atoms. The Morgan fingerprint density at radius 1 is 1.22 bits per heavy atom. The number of rotatable bonds is 2. The molecule has 0 radical (unpaired) electrons. The molecular formula is C21H30N2O3S. The number of fused-ring (bicyclic) bond motifs is 2. The van der Waals surface area contributed by atoms with E-state index >= 15 is 0 Å². The Morgan fingerprint density at radius 3 is 2.74 bits per heavy atom. The first-order chi connectivity index (χ1) is 13.1. The number of carbonyl (C=O) groups excluding carboxylic acids is 1. The Kier molecular flexibility index (Phi) is 4.79. The highest BCUT2D eigenvalue weighted by Gasteiger charge is 2.44. The van der Waals surface area contributed by atoms with Gasteiger partial charge >= 0.3 is 0 Å². The molecule has 5 nitrogen and oxygen atoms in total. The summed E-state index contributed by atoms with van der Waals surface area (Å²) in [6.07, 6.45) is 7.33. The van der Waals surface area contributed by atoms with Crippen LogP contribution in [0.4, 0.5) is 0 Å². The van der Waals surface area contributed by atoms with Crippen molar-refractivity contribution in [3.05, 3.63) is 21.4 Å². The van der Waals surface area contributed by atoms with Crippen LogP contribution in [-0.4, -0.2) is 67.2 Å². The molecule has 1 aliphatic carbocycles. The number of carbonyl (C=O) groups is 1. The van der Waals surface area contributed by atoms with E-state index in [0.29, 0.717) is 19.7 Å². The number of ether oxygens (including phenoxy) is 2. The van der Waals surface area contributed by atoms with Gasteiger partial charge in [-0.3, -0.25) is 4.79 Å². The number of likely N-dealkylation sites (tertiary alicyclic amines) is 1. The summed E-state index contributed by atoms with van der Waals surface area (Å²) in [5.41, 5.74) is 1.21. The average molecular weight is 391 g/mol. The highest BCUT2D eigenvalue weighted by Crippen LogP contribution is 2.46. The van der Waals surface area contributed by atoms with Crippen molar-refractivity contribution in [3.63, 3.8) is 0 Å². The molecule has 6 heteroatoms. The van der Waals surface area contributed by atoms with Gasteiger partial charge in [0.25, 0.3) is 5.91 Å². The maximum absolute atomic E-state index is 13.1. The molecule has 0 aromatic carbocycles. The summed E-state index contributed by atoms with van der Waals surface area (Å²) in [5.74, 6) is 0.173. The van der Waals surface area contributed by atoms with Gasteiger partial charge < -0.3 is 19.3 Å². The van der Waals surface area contributed by atoms with Crippen molar-refractivity contribution in [2.24, 2.45) is 0 Å². The molecule has 0 N–H and O–H groups in total. The second kappa shape index (κ2) is 7.14. The molecule has 1 spiro atoms. The molecule has 4 heterocycles. The van der Waals surface area contributed by atoms with Crippen molar-refractivity contribution >= 4 is 17.2 Å². The van der Waals surface area contributed by atoms with E-state index < -0.39 is 0 Å². The number of morpholine rings is 1. The zero-order chi connectivity index (χ0) is 18.4. The highest BCUT2D eigenvalue weighted by atomic mass is 32.1. The number of hydrogen-bond donors (Lipinski definition) is 0. The van der Waals surface area contributed by atoms with E-state index in [4.69, 9.17) is 9.47 Å². The molecule has 5 rings (SSSR count). The van der Waals surface area contributed by atoms with Gasteiger partial charge in [-0.15, -0.1) is 11.3 Å². The molecule has 4 aliphatic rings. The van der Waals surface area contributed by atoms with Crippen LogP contribution in [-0.2, 0) is 21.5 Å². The Labute approximate surface area is 165 Å². The first-order valence-electron chi connectivity index (χ1n) is 10.6. The van der Waals surface area contributed by atoms with Crippen LogP contribution in [0.15, 0.2) is 6.07 Å². The van der Waals surface area contributed by atoms with Gasteiger partial charge in [-0.1, -0.05) is 6.42 Å². The lowest BCUT2D eigenvalue weighted by Gasteiger charge is -2.47. The maximum Gasteiger partial charge on any atom is 0.264 e. The van der Waals surface area contributed by atoms with Crippen LogP contribution in [0, 0.1) is 0 Å². The summed E-state index contributed by atoms with van der Waals surface area (Å²) in [6, 6.07) is 2.97. The van der Waals surface area contributed by atoms with Crippen molar-refractivity contribution < 1.29 is 14.3 Å². The Hall–Kier alpha value is -0.950. The lowest BCUT2D eigenvalue weighted by atomic mass is 9.82. The fraction of sp³-hybridized carbons (Fsp3) is 0.762. The monoisotopic (exact) mass is 390 g/mol. The molecule has 3 aliphatic heterocycles. The fourth-order valence-electron chi connectivity index (χ4n) is 5.06. The number of amides is 1. The number of thiophene rings is 1. The first-order valence-corrected chi connectivity index (χ1v) is 11.4. The normalized spacial score (nSPS) is 28.8. The average Bonchev–Trinajstić information content (AvgIpc) is 3.08. The van der Waals surface area contributed by atoms with Gasteiger partial charge in [0.1, 0.15) is 5.60 Å². The largest absolute Gasteiger partial charge is 0.375 e. The topological polar surface area (TPSA) is 42.0 Å². The lowest BCUT2D eigenvalue weighted by molar-refractivity contribution is -0.104. The summed E-state index contributed by atoms with van der Waals surface area (Å²) in [5, 5.41) is 0. The SMILES string of the molecule is C[C@H]1CN(C(=O)c2cc3c(s2)C2(CCN(C4CCC4)CC2)OCC3)CCO1. The summed E-state index contributed by atoms with van der Waals surface area (Å²) in [7, 11) is 0. The molecule has 148 valence electrons. The van der Waals surface area contributed by atoms with Gasteiger partial charge in [0.2, 0.25) is 0 Å². The van der Waals surface area contributed by atoms with E-state index in [0.717, 1.165) is 49.9 Å².